The maximum atomic E-state index is 12.9. The highest BCUT2D eigenvalue weighted by molar-refractivity contribution is 7.87. The van der Waals surface area contributed by atoms with E-state index in [0.29, 0.717) is 50.9 Å². The second kappa shape index (κ2) is 10.8. The van der Waals surface area contributed by atoms with Gasteiger partial charge in [0.05, 0.1) is 0 Å². The SMILES string of the molecule is CC(C)CCN(CCC(C)C)S(=O)(=O)NC1CCN(C(=O)OC(C)(C)C)CC1. The Hall–Kier alpha value is -0.860. The van der Waals surface area contributed by atoms with Crippen LogP contribution < -0.4 is 4.72 Å². The summed E-state index contributed by atoms with van der Waals surface area (Å²) in [5.41, 5.74) is -0.525. The van der Waals surface area contributed by atoms with Crippen molar-refractivity contribution in [2.75, 3.05) is 26.2 Å². The molecule has 28 heavy (non-hydrogen) atoms. The molecule has 0 spiro atoms. The predicted molar refractivity (Wildman–Crippen MR) is 113 cm³/mol. The third-order valence-corrected chi connectivity index (χ3v) is 6.39. The summed E-state index contributed by atoms with van der Waals surface area (Å²) in [6.45, 7) is 16.0. The lowest BCUT2D eigenvalue weighted by atomic mass is 10.1. The molecule has 1 heterocycles. The number of nitrogens with one attached hydrogen (secondary N) is 1. The van der Waals surface area contributed by atoms with Crippen LogP contribution in [-0.2, 0) is 14.9 Å². The van der Waals surface area contributed by atoms with Crippen LogP contribution in [0, 0.1) is 11.8 Å². The summed E-state index contributed by atoms with van der Waals surface area (Å²) in [7, 11) is -3.53. The molecule has 0 aromatic carbocycles. The van der Waals surface area contributed by atoms with Gasteiger partial charge in [-0.15, -0.1) is 0 Å². The Morgan fingerprint density at radius 2 is 1.54 bits per heavy atom. The van der Waals surface area contributed by atoms with Crippen LogP contribution in [0.1, 0.15) is 74.1 Å². The molecule has 0 aromatic rings. The summed E-state index contributed by atoms with van der Waals surface area (Å²) in [4.78, 5) is 13.8. The smallest absolute Gasteiger partial charge is 0.410 e. The molecule has 1 N–H and O–H groups in total. The first-order valence-corrected chi connectivity index (χ1v) is 12.0. The van der Waals surface area contributed by atoms with E-state index in [1.165, 1.54) is 0 Å². The summed E-state index contributed by atoms with van der Waals surface area (Å²) in [6, 6.07) is -0.149. The van der Waals surface area contributed by atoms with Crippen molar-refractivity contribution >= 4 is 16.3 Å². The summed E-state index contributed by atoms with van der Waals surface area (Å²) >= 11 is 0. The third kappa shape index (κ3) is 9.56. The molecule has 0 saturated carbocycles. The number of piperidine rings is 1. The van der Waals surface area contributed by atoms with Crippen LogP contribution in [-0.4, -0.2) is 61.5 Å². The van der Waals surface area contributed by atoms with Crippen molar-refractivity contribution in [3.63, 3.8) is 0 Å². The van der Waals surface area contributed by atoms with E-state index in [4.69, 9.17) is 4.74 Å². The van der Waals surface area contributed by atoms with Gasteiger partial charge in [0.25, 0.3) is 10.2 Å². The van der Waals surface area contributed by atoms with Gasteiger partial charge in [-0.3, -0.25) is 0 Å². The van der Waals surface area contributed by atoms with E-state index in [1.54, 1.807) is 9.21 Å². The quantitative estimate of drug-likeness (QED) is 0.619. The standard InChI is InChI=1S/C20H41N3O4S/c1-16(2)8-14-23(15-9-17(3)4)28(25,26)21-18-10-12-22(13-11-18)19(24)27-20(5,6)7/h16-18,21H,8-15H2,1-7H3. The van der Waals surface area contributed by atoms with Gasteiger partial charge in [0.1, 0.15) is 5.60 Å². The number of ether oxygens (including phenoxy) is 1. The van der Waals surface area contributed by atoms with Gasteiger partial charge < -0.3 is 9.64 Å². The van der Waals surface area contributed by atoms with Crippen LogP contribution in [0.2, 0.25) is 0 Å². The van der Waals surface area contributed by atoms with E-state index < -0.39 is 15.8 Å². The van der Waals surface area contributed by atoms with Crippen LogP contribution in [0.3, 0.4) is 0 Å². The molecule has 1 aliphatic heterocycles. The zero-order valence-corrected chi connectivity index (χ0v) is 19.6. The van der Waals surface area contributed by atoms with Gasteiger partial charge in [-0.2, -0.15) is 17.4 Å². The van der Waals surface area contributed by atoms with Crippen molar-refractivity contribution < 1.29 is 17.9 Å². The van der Waals surface area contributed by atoms with E-state index in [1.807, 2.05) is 20.8 Å². The first-order chi connectivity index (χ1) is 12.8. The van der Waals surface area contributed by atoms with Gasteiger partial charge in [-0.05, 0) is 58.3 Å². The average molecular weight is 420 g/mol. The van der Waals surface area contributed by atoms with E-state index in [2.05, 4.69) is 32.4 Å². The van der Waals surface area contributed by atoms with Crippen LogP contribution in [0.15, 0.2) is 0 Å². The molecule has 7 nitrogen and oxygen atoms in total. The molecular weight excluding hydrogens is 378 g/mol. The fourth-order valence-corrected chi connectivity index (χ4v) is 4.45. The minimum absolute atomic E-state index is 0.149. The molecule has 0 unspecified atom stereocenters. The molecule has 0 bridgehead atoms. The van der Waals surface area contributed by atoms with Crippen molar-refractivity contribution in [2.45, 2.75) is 85.8 Å². The Kier molecular flexibility index (Phi) is 9.70. The van der Waals surface area contributed by atoms with Crippen molar-refractivity contribution in [1.29, 1.82) is 0 Å². The zero-order chi connectivity index (χ0) is 21.5. The monoisotopic (exact) mass is 419 g/mol. The Balaban J connectivity index is 2.62. The number of hydrogen-bond acceptors (Lipinski definition) is 4. The van der Waals surface area contributed by atoms with E-state index in [9.17, 15) is 13.2 Å². The first kappa shape index (κ1) is 25.2. The summed E-state index contributed by atoms with van der Waals surface area (Å²) < 4.78 is 35.7. The maximum absolute atomic E-state index is 12.9. The van der Waals surface area contributed by atoms with E-state index >= 15 is 0 Å². The second-order valence-corrected chi connectivity index (χ2v) is 11.3. The molecule has 1 fully saturated rings. The summed E-state index contributed by atoms with van der Waals surface area (Å²) in [5.74, 6) is 0.905. The fourth-order valence-electron chi connectivity index (χ4n) is 2.95. The molecule has 1 aliphatic rings. The third-order valence-electron chi connectivity index (χ3n) is 4.71. The number of carbonyl (C=O) groups is 1. The van der Waals surface area contributed by atoms with Crippen LogP contribution in [0.5, 0.6) is 0 Å². The van der Waals surface area contributed by atoms with E-state index in [-0.39, 0.29) is 12.1 Å². The highest BCUT2D eigenvalue weighted by Gasteiger charge is 2.31. The lowest BCUT2D eigenvalue weighted by Crippen LogP contribution is -2.51. The average Bonchev–Trinajstić information content (AvgIpc) is 2.52. The molecule has 0 aromatic heterocycles. The lowest BCUT2D eigenvalue weighted by molar-refractivity contribution is 0.0203. The fraction of sp³-hybridized carbons (Fsp3) is 0.950. The van der Waals surface area contributed by atoms with Crippen LogP contribution >= 0.6 is 0 Å². The molecular formula is C20H41N3O4S. The number of carbonyl (C=O) groups excluding carboxylic acids is 1. The summed E-state index contributed by atoms with van der Waals surface area (Å²) in [5, 5.41) is 0. The van der Waals surface area contributed by atoms with Crippen molar-refractivity contribution in [3.05, 3.63) is 0 Å². The Morgan fingerprint density at radius 3 is 1.93 bits per heavy atom. The molecule has 0 radical (unpaired) electrons. The molecule has 1 saturated heterocycles. The first-order valence-electron chi connectivity index (χ1n) is 10.6. The van der Waals surface area contributed by atoms with Gasteiger partial charge in [-0.25, -0.2) is 4.79 Å². The van der Waals surface area contributed by atoms with Crippen LogP contribution in [0.25, 0.3) is 0 Å². The van der Waals surface area contributed by atoms with E-state index in [0.717, 1.165) is 12.8 Å². The molecule has 1 rings (SSSR count). The normalized spacial score (nSPS) is 17.0. The van der Waals surface area contributed by atoms with Gasteiger partial charge in [0, 0.05) is 32.2 Å². The Morgan fingerprint density at radius 1 is 1.07 bits per heavy atom. The highest BCUT2D eigenvalue weighted by Crippen LogP contribution is 2.17. The topological polar surface area (TPSA) is 79.0 Å². The predicted octanol–water partition coefficient (Wildman–Crippen LogP) is 3.61. The van der Waals surface area contributed by atoms with Gasteiger partial charge in [0.15, 0.2) is 0 Å². The molecule has 8 heteroatoms. The number of amides is 1. The maximum Gasteiger partial charge on any atom is 0.410 e. The molecule has 1 amide bonds. The lowest BCUT2D eigenvalue weighted by Gasteiger charge is -2.34. The Labute approximate surface area is 172 Å². The number of hydrogen-bond donors (Lipinski definition) is 1. The zero-order valence-electron chi connectivity index (χ0n) is 18.8. The van der Waals surface area contributed by atoms with Crippen molar-refractivity contribution in [2.24, 2.45) is 11.8 Å². The summed E-state index contributed by atoms with van der Waals surface area (Å²) in [6.07, 6.45) is 2.55. The van der Waals surface area contributed by atoms with Crippen LogP contribution in [0.4, 0.5) is 4.79 Å². The van der Waals surface area contributed by atoms with Gasteiger partial charge in [0.2, 0.25) is 0 Å². The number of likely N-dealkylation sites (tertiary alicyclic amines) is 1. The second-order valence-electron chi connectivity index (χ2n) is 9.63. The highest BCUT2D eigenvalue weighted by atomic mass is 32.2. The Bertz CT molecular complexity index is 565. The number of rotatable bonds is 9. The minimum atomic E-state index is -3.53. The van der Waals surface area contributed by atoms with Gasteiger partial charge in [-0.1, -0.05) is 27.7 Å². The van der Waals surface area contributed by atoms with Gasteiger partial charge >= 0.3 is 6.09 Å². The minimum Gasteiger partial charge on any atom is -0.444 e. The molecule has 0 atom stereocenters. The molecule has 166 valence electrons. The van der Waals surface area contributed by atoms with Crippen molar-refractivity contribution in [1.82, 2.24) is 13.9 Å². The largest absolute Gasteiger partial charge is 0.444 e. The number of nitrogens with zero attached hydrogens (tertiary/aromatic N) is 2. The van der Waals surface area contributed by atoms with Crippen molar-refractivity contribution in [3.8, 4) is 0 Å². The molecule has 0 aliphatic carbocycles.